The van der Waals surface area contributed by atoms with Gasteiger partial charge in [0, 0.05) is 28.5 Å². The van der Waals surface area contributed by atoms with E-state index >= 15 is 0 Å². The number of hydrogen-bond donors (Lipinski definition) is 1. The van der Waals surface area contributed by atoms with Crippen molar-refractivity contribution in [1.29, 1.82) is 0 Å². The van der Waals surface area contributed by atoms with Gasteiger partial charge in [0.2, 0.25) is 11.1 Å². The summed E-state index contributed by atoms with van der Waals surface area (Å²) in [4.78, 5) is 17.9. The van der Waals surface area contributed by atoms with Gasteiger partial charge in [-0.3, -0.25) is 4.79 Å². The molecule has 1 aromatic carbocycles. The number of aromatic nitrogens is 3. The topological polar surface area (TPSA) is 59.8 Å². The van der Waals surface area contributed by atoms with E-state index < -0.39 is 0 Å². The van der Waals surface area contributed by atoms with Crippen molar-refractivity contribution in [2.24, 2.45) is 5.41 Å². The van der Waals surface area contributed by atoms with Gasteiger partial charge < -0.3 is 5.32 Å². The molecule has 1 aromatic heterocycles. The summed E-state index contributed by atoms with van der Waals surface area (Å²) < 4.78 is 1.86. The number of allylic oxidation sites excluding steroid dienone is 2. The van der Waals surface area contributed by atoms with Gasteiger partial charge >= 0.3 is 0 Å². The first-order valence-electron chi connectivity index (χ1n) is 9.76. The Bertz CT molecular complexity index is 950. The van der Waals surface area contributed by atoms with Gasteiger partial charge in [-0.05, 0) is 36.0 Å². The summed E-state index contributed by atoms with van der Waals surface area (Å²) >= 11 is 7.93. The first-order valence-corrected chi connectivity index (χ1v) is 11.1. The van der Waals surface area contributed by atoms with Crippen LogP contribution >= 0.6 is 23.4 Å². The number of halogens is 1. The molecule has 0 fully saturated rings. The number of Topliss-reactive ketones (excluding diaryl/α,β-unsaturated/α-hetero) is 1. The fourth-order valence-corrected chi connectivity index (χ4v) is 5.05. The number of anilines is 1. The van der Waals surface area contributed by atoms with Crippen LogP contribution < -0.4 is 5.32 Å². The second-order valence-electron chi connectivity index (χ2n) is 8.28. The third-order valence-electron chi connectivity index (χ3n) is 5.21. The average molecular weight is 417 g/mol. The van der Waals surface area contributed by atoms with Crippen LogP contribution in [0.25, 0.3) is 0 Å². The zero-order chi connectivity index (χ0) is 19.9. The second kappa shape index (κ2) is 7.56. The van der Waals surface area contributed by atoms with Gasteiger partial charge in [0.25, 0.3) is 0 Å². The lowest BCUT2D eigenvalue weighted by Gasteiger charge is -2.38. The number of unbranched alkanes of at least 4 members (excludes halogenated alkanes) is 1. The molecule has 0 amide bonds. The Balaban J connectivity index is 1.80. The van der Waals surface area contributed by atoms with Crippen molar-refractivity contribution in [1.82, 2.24) is 14.8 Å². The maximum absolute atomic E-state index is 13.1. The molecule has 1 N–H and O–H groups in total. The van der Waals surface area contributed by atoms with Gasteiger partial charge in [-0.2, -0.15) is 4.98 Å². The summed E-state index contributed by atoms with van der Waals surface area (Å²) in [7, 11) is 0. The molecule has 148 valence electrons. The van der Waals surface area contributed by atoms with E-state index in [1.165, 1.54) is 0 Å². The summed E-state index contributed by atoms with van der Waals surface area (Å²) in [6, 6.07) is 7.41. The Morgan fingerprint density at radius 3 is 2.93 bits per heavy atom. The van der Waals surface area contributed by atoms with Crippen molar-refractivity contribution in [2.75, 3.05) is 11.1 Å². The van der Waals surface area contributed by atoms with E-state index in [0.29, 0.717) is 17.4 Å². The van der Waals surface area contributed by atoms with E-state index in [2.05, 4.69) is 26.1 Å². The minimum Gasteiger partial charge on any atom is -0.328 e. The van der Waals surface area contributed by atoms with Gasteiger partial charge in [0.1, 0.15) is 6.04 Å². The average Bonchev–Trinajstić information content (AvgIpc) is 3.01. The lowest BCUT2D eigenvalue weighted by molar-refractivity contribution is -0.118. The minimum absolute atomic E-state index is 0.0668. The molecule has 1 atom stereocenters. The summed E-state index contributed by atoms with van der Waals surface area (Å²) in [5, 5.41) is 9.56. The number of benzene rings is 1. The van der Waals surface area contributed by atoms with E-state index in [1.807, 2.05) is 28.9 Å². The Morgan fingerprint density at radius 2 is 2.18 bits per heavy atom. The molecule has 0 saturated heterocycles. The normalized spacial score (nSPS) is 20.6. The van der Waals surface area contributed by atoms with Crippen LogP contribution in [-0.4, -0.2) is 26.3 Å². The summed E-state index contributed by atoms with van der Waals surface area (Å²) in [5.74, 6) is 1.86. The third kappa shape index (κ3) is 3.72. The van der Waals surface area contributed by atoms with Gasteiger partial charge in [0.15, 0.2) is 5.78 Å². The molecular weight excluding hydrogens is 392 g/mol. The third-order valence-corrected chi connectivity index (χ3v) is 6.36. The number of fused-ring (bicyclic) bond motifs is 1. The highest BCUT2D eigenvalue weighted by atomic mass is 35.5. The zero-order valence-corrected chi connectivity index (χ0v) is 18.0. The van der Waals surface area contributed by atoms with E-state index in [-0.39, 0.29) is 17.2 Å². The van der Waals surface area contributed by atoms with Gasteiger partial charge in [0.05, 0.1) is 0 Å². The van der Waals surface area contributed by atoms with Gasteiger partial charge in [-0.15, -0.1) is 5.10 Å². The standard InChI is InChI=1S/C21H25ClN4OS/c1-4-5-9-28-20-24-19-23-15-11-21(2,3)12-16(27)17(15)18(26(19)25-20)13-7-6-8-14(22)10-13/h6-8,10,18H,4-5,9,11-12H2,1-3H3,(H,23,24,25)/t18-/m0/s1. The summed E-state index contributed by atoms with van der Waals surface area (Å²) in [5.41, 5.74) is 2.66. The molecule has 1 aliphatic heterocycles. The zero-order valence-electron chi connectivity index (χ0n) is 16.5. The molecule has 4 rings (SSSR count). The van der Waals surface area contributed by atoms with Crippen LogP contribution in [0.4, 0.5) is 5.95 Å². The van der Waals surface area contributed by atoms with E-state index in [4.69, 9.17) is 21.7 Å². The molecule has 28 heavy (non-hydrogen) atoms. The molecule has 0 unspecified atom stereocenters. The monoisotopic (exact) mass is 416 g/mol. The number of thioether (sulfide) groups is 1. The van der Waals surface area contributed by atoms with Crippen LogP contribution in [-0.2, 0) is 4.79 Å². The van der Waals surface area contributed by atoms with Crippen molar-refractivity contribution in [2.45, 2.75) is 57.7 Å². The number of carbonyl (C=O) groups is 1. The van der Waals surface area contributed by atoms with Crippen molar-refractivity contribution >= 4 is 35.1 Å². The minimum atomic E-state index is -0.290. The lowest BCUT2D eigenvalue weighted by atomic mass is 9.73. The number of hydrogen-bond acceptors (Lipinski definition) is 5. The number of ketones is 1. The quantitative estimate of drug-likeness (QED) is 0.516. The molecule has 0 spiro atoms. The predicted molar refractivity (Wildman–Crippen MR) is 114 cm³/mol. The highest BCUT2D eigenvalue weighted by Crippen LogP contribution is 2.45. The van der Waals surface area contributed by atoms with Crippen molar-refractivity contribution in [3.8, 4) is 0 Å². The Morgan fingerprint density at radius 1 is 1.36 bits per heavy atom. The van der Waals surface area contributed by atoms with Crippen LogP contribution in [0.3, 0.4) is 0 Å². The molecule has 2 aromatic rings. The smallest absolute Gasteiger partial charge is 0.227 e. The number of nitrogens with zero attached hydrogens (tertiary/aromatic N) is 3. The predicted octanol–water partition coefficient (Wildman–Crippen LogP) is 5.48. The Labute approximate surface area is 174 Å². The first-order chi connectivity index (χ1) is 13.4. The fraction of sp³-hybridized carbons (Fsp3) is 0.476. The number of nitrogens with one attached hydrogen (secondary N) is 1. The van der Waals surface area contributed by atoms with Gasteiger partial charge in [-0.25, -0.2) is 4.68 Å². The van der Waals surface area contributed by atoms with Crippen molar-refractivity contribution in [3.63, 3.8) is 0 Å². The molecule has 1 aliphatic carbocycles. The summed E-state index contributed by atoms with van der Waals surface area (Å²) in [6.45, 7) is 6.44. The van der Waals surface area contributed by atoms with Crippen molar-refractivity contribution in [3.05, 3.63) is 46.1 Å². The van der Waals surface area contributed by atoms with E-state index in [1.54, 1.807) is 11.8 Å². The summed E-state index contributed by atoms with van der Waals surface area (Å²) in [6.07, 6.45) is 3.62. The first kappa shape index (κ1) is 19.5. The number of carbonyl (C=O) groups excluding carboxylic acids is 1. The second-order valence-corrected chi connectivity index (χ2v) is 9.78. The number of rotatable bonds is 5. The highest BCUT2D eigenvalue weighted by molar-refractivity contribution is 7.99. The van der Waals surface area contributed by atoms with Crippen LogP contribution in [0.15, 0.2) is 40.7 Å². The molecule has 7 heteroatoms. The largest absolute Gasteiger partial charge is 0.328 e. The van der Waals surface area contributed by atoms with Crippen LogP contribution in [0.1, 0.15) is 58.1 Å². The molecule has 2 heterocycles. The van der Waals surface area contributed by atoms with Crippen LogP contribution in [0, 0.1) is 5.41 Å². The molecule has 2 aliphatic rings. The maximum atomic E-state index is 13.1. The molecule has 5 nitrogen and oxygen atoms in total. The van der Waals surface area contributed by atoms with Gasteiger partial charge in [-0.1, -0.05) is 62.7 Å². The van der Waals surface area contributed by atoms with Crippen LogP contribution in [0.2, 0.25) is 5.02 Å². The van der Waals surface area contributed by atoms with E-state index in [0.717, 1.165) is 47.0 Å². The molecule has 0 radical (unpaired) electrons. The Kier molecular flexibility index (Phi) is 5.27. The maximum Gasteiger partial charge on any atom is 0.227 e. The molecule has 0 bridgehead atoms. The fourth-order valence-electron chi connectivity index (χ4n) is 3.94. The highest BCUT2D eigenvalue weighted by Gasteiger charge is 2.41. The van der Waals surface area contributed by atoms with Crippen molar-refractivity contribution < 1.29 is 4.79 Å². The van der Waals surface area contributed by atoms with Crippen LogP contribution in [0.5, 0.6) is 0 Å². The Hall–Kier alpha value is -1.79. The lowest BCUT2D eigenvalue weighted by Crippen LogP contribution is -2.36. The molecule has 0 saturated carbocycles. The molecular formula is C21H25ClN4OS. The van der Waals surface area contributed by atoms with E-state index in [9.17, 15) is 4.79 Å². The SMILES string of the molecule is CCCCSc1nc2n(n1)[C@@H](c1cccc(Cl)c1)C1=C(CC(C)(C)CC1=O)N2.